The molecule has 1 unspecified atom stereocenters. The van der Waals surface area contributed by atoms with Gasteiger partial charge in [-0.15, -0.1) is 0 Å². The summed E-state index contributed by atoms with van der Waals surface area (Å²) in [6.07, 6.45) is 1.55. The Morgan fingerprint density at radius 2 is 2.19 bits per heavy atom. The topological polar surface area (TPSA) is 78.1 Å². The summed E-state index contributed by atoms with van der Waals surface area (Å²) in [6, 6.07) is 1.53. The van der Waals surface area contributed by atoms with Crippen LogP contribution in [-0.4, -0.2) is 10.1 Å². The minimum atomic E-state index is -0.219. The summed E-state index contributed by atoms with van der Waals surface area (Å²) in [7, 11) is 0. The van der Waals surface area contributed by atoms with Crippen LogP contribution in [0.15, 0.2) is 25.9 Å². The molecule has 0 aliphatic rings. The number of rotatable bonds is 3. The molecule has 2 aromatic rings. The highest BCUT2D eigenvalue weighted by Gasteiger charge is 2.19. The molecular weight excluding hydrogens is 274 g/mol. The summed E-state index contributed by atoms with van der Waals surface area (Å²) >= 11 is 3.25. The number of nitrogens with zero attached hydrogens (tertiary/aromatic N) is 2. The van der Waals surface area contributed by atoms with Crippen molar-refractivity contribution in [3.8, 4) is 11.5 Å². The Balaban J connectivity index is 2.30. The maximum Gasteiger partial charge on any atom is 0.262 e. The molecule has 6 heteroatoms. The average Bonchev–Trinajstić information content (AvgIpc) is 2.84. The largest absolute Gasteiger partial charge is 0.457 e. The molecule has 2 heterocycles. The zero-order valence-corrected chi connectivity index (χ0v) is 10.6. The van der Waals surface area contributed by atoms with E-state index in [1.54, 1.807) is 12.3 Å². The first-order valence-corrected chi connectivity index (χ1v) is 5.71. The van der Waals surface area contributed by atoms with Crippen LogP contribution < -0.4 is 5.73 Å². The van der Waals surface area contributed by atoms with E-state index in [2.05, 4.69) is 26.1 Å². The van der Waals surface area contributed by atoms with Crippen LogP contribution in [0.5, 0.6) is 0 Å². The smallest absolute Gasteiger partial charge is 0.262 e. The van der Waals surface area contributed by atoms with Crippen LogP contribution in [0.25, 0.3) is 11.5 Å². The SMILES string of the molecule is CC(C)C(N)c1noc(-c2ccoc2Br)n1. The summed E-state index contributed by atoms with van der Waals surface area (Å²) in [4.78, 5) is 4.24. The summed E-state index contributed by atoms with van der Waals surface area (Å²) in [5, 5.41) is 3.86. The van der Waals surface area contributed by atoms with E-state index in [4.69, 9.17) is 14.7 Å². The third-order valence-corrected chi connectivity index (χ3v) is 2.92. The Morgan fingerprint density at radius 1 is 1.44 bits per heavy atom. The molecule has 5 nitrogen and oxygen atoms in total. The molecule has 16 heavy (non-hydrogen) atoms. The highest BCUT2D eigenvalue weighted by molar-refractivity contribution is 9.10. The zero-order chi connectivity index (χ0) is 11.7. The van der Waals surface area contributed by atoms with Crippen LogP contribution in [0.3, 0.4) is 0 Å². The maximum atomic E-state index is 5.92. The summed E-state index contributed by atoms with van der Waals surface area (Å²) < 4.78 is 10.8. The maximum absolute atomic E-state index is 5.92. The second kappa shape index (κ2) is 4.39. The van der Waals surface area contributed by atoms with E-state index in [9.17, 15) is 0 Å². The van der Waals surface area contributed by atoms with Crippen LogP contribution in [-0.2, 0) is 0 Å². The van der Waals surface area contributed by atoms with Gasteiger partial charge in [0.1, 0.15) is 0 Å². The van der Waals surface area contributed by atoms with E-state index < -0.39 is 0 Å². The summed E-state index contributed by atoms with van der Waals surface area (Å²) in [5.74, 6) is 1.18. The van der Waals surface area contributed by atoms with Gasteiger partial charge in [-0.3, -0.25) is 0 Å². The molecular formula is C10H12BrN3O2. The van der Waals surface area contributed by atoms with Gasteiger partial charge in [-0.1, -0.05) is 19.0 Å². The van der Waals surface area contributed by atoms with Gasteiger partial charge < -0.3 is 14.7 Å². The Hall–Kier alpha value is -1.14. The number of nitrogens with two attached hydrogens (primary N) is 1. The lowest BCUT2D eigenvalue weighted by Gasteiger charge is -2.09. The van der Waals surface area contributed by atoms with Crippen molar-refractivity contribution in [2.75, 3.05) is 0 Å². The van der Waals surface area contributed by atoms with Crippen molar-refractivity contribution in [2.24, 2.45) is 11.7 Å². The van der Waals surface area contributed by atoms with Crippen molar-refractivity contribution in [3.05, 3.63) is 22.8 Å². The first-order valence-electron chi connectivity index (χ1n) is 4.92. The third kappa shape index (κ3) is 2.03. The lowest BCUT2D eigenvalue weighted by atomic mass is 10.1. The van der Waals surface area contributed by atoms with Crippen LogP contribution in [0.1, 0.15) is 25.7 Å². The molecule has 1 atom stereocenters. The second-order valence-electron chi connectivity index (χ2n) is 3.84. The first kappa shape index (κ1) is 11.3. The number of hydrogen-bond donors (Lipinski definition) is 1. The van der Waals surface area contributed by atoms with E-state index >= 15 is 0 Å². The van der Waals surface area contributed by atoms with Crippen LogP contribution in [0, 0.1) is 5.92 Å². The Kier molecular flexibility index (Phi) is 3.11. The number of aromatic nitrogens is 2. The van der Waals surface area contributed by atoms with E-state index in [1.807, 2.05) is 13.8 Å². The lowest BCUT2D eigenvalue weighted by molar-refractivity contribution is 0.399. The van der Waals surface area contributed by atoms with Gasteiger partial charge >= 0.3 is 0 Å². The van der Waals surface area contributed by atoms with Gasteiger partial charge in [-0.2, -0.15) is 4.98 Å². The lowest BCUT2D eigenvalue weighted by Crippen LogP contribution is -2.18. The van der Waals surface area contributed by atoms with Gasteiger partial charge in [0.15, 0.2) is 10.5 Å². The Morgan fingerprint density at radius 3 is 2.75 bits per heavy atom. The van der Waals surface area contributed by atoms with Gasteiger partial charge in [-0.05, 0) is 27.9 Å². The molecule has 0 aliphatic carbocycles. The molecule has 0 amide bonds. The van der Waals surface area contributed by atoms with Crippen LogP contribution in [0.4, 0.5) is 0 Å². The van der Waals surface area contributed by atoms with Crippen molar-refractivity contribution in [3.63, 3.8) is 0 Å². The van der Waals surface area contributed by atoms with Crippen molar-refractivity contribution in [2.45, 2.75) is 19.9 Å². The van der Waals surface area contributed by atoms with Crippen molar-refractivity contribution in [1.29, 1.82) is 0 Å². The fourth-order valence-electron chi connectivity index (χ4n) is 1.22. The van der Waals surface area contributed by atoms with E-state index in [0.717, 1.165) is 5.56 Å². The summed E-state index contributed by atoms with van der Waals surface area (Å²) in [6.45, 7) is 4.02. The monoisotopic (exact) mass is 285 g/mol. The molecule has 0 aliphatic heterocycles. The molecule has 0 radical (unpaired) electrons. The second-order valence-corrected chi connectivity index (χ2v) is 4.56. The van der Waals surface area contributed by atoms with Gasteiger partial charge in [-0.25, -0.2) is 0 Å². The molecule has 2 N–H and O–H groups in total. The quantitative estimate of drug-likeness (QED) is 0.938. The number of halogens is 1. The Bertz CT molecular complexity index is 478. The van der Waals surface area contributed by atoms with Gasteiger partial charge in [0, 0.05) is 0 Å². The molecule has 0 bridgehead atoms. The predicted molar refractivity (Wildman–Crippen MR) is 61.5 cm³/mol. The summed E-state index contributed by atoms with van der Waals surface area (Å²) in [5.41, 5.74) is 6.65. The van der Waals surface area contributed by atoms with Crippen molar-refractivity contribution < 1.29 is 8.94 Å². The number of hydrogen-bond acceptors (Lipinski definition) is 5. The minimum Gasteiger partial charge on any atom is -0.457 e. The Labute approximate surface area is 101 Å². The minimum absolute atomic E-state index is 0.219. The standard InChI is InChI=1S/C10H12BrN3O2/c1-5(2)7(12)9-13-10(16-14-9)6-3-4-15-8(6)11/h3-5,7H,12H2,1-2H3. The molecule has 0 aromatic carbocycles. The third-order valence-electron chi connectivity index (χ3n) is 2.31. The van der Waals surface area contributed by atoms with Crippen LogP contribution in [0.2, 0.25) is 0 Å². The van der Waals surface area contributed by atoms with Gasteiger partial charge in [0.25, 0.3) is 5.89 Å². The highest BCUT2D eigenvalue weighted by atomic mass is 79.9. The fraction of sp³-hybridized carbons (Fsp3) is 0.400. The van der Waals surface area contributed by atoms with Crippen molar-refractivity contribution in [1.82, 2.24) is 10.1 Å². The predicted octanol–water partition coefficient (Wildman–Crippen LogP) is 2.75. The number of furan rings is 1. The molecule has 0 saturated heterocycles. The van der Waals surface area contributed by atoms with E-state index in [-0.39, 0.29) is 12.0 Å². The molecule has 0 spiro atoms. The molecule has 86 valence electrons. The highest BCUT2D eigenvalue weighted by Crippen LogP contribution is 2.28. The van der Waals surface area contributed by atoms with E-state index in [1.165, 1.54) is 0 Å². The molecule has 2 aromatic heterocycles. The molecule has 0 fully saturated rings. The molecule has 0 saturated carbocycles. The van der Waals surface area contributed by atoms with Crippen LogP contribution >= 0.6 is 15.9 Å². The zero-order valence-electron chi connectivity index (χ0n) is 8.98. The van der Waals surface area contributed by atoms with Crippen molar-refractivity contribution >= 4 is 15.9 Å². The van der Waals surface area contributed by atoms with Gasteiger partial charge in [0.2, 0.25) is 0 Å². The molecule has 2 rings (SSSR count). The average molecular weight is 286 g/mol. The van der Waals surface area contributed by atoms with E-state index in [0.29, 0.717) is 16.4 Å². The van der Waals surface area contributed by atoms with Gasteiger partial charge in [0.05, 0.1) is 17.9 Å². The first-order chi connectivity index (χ1) is 7.59. The normalized spacial score (nSPS) is 13.3. The fourth-order valence-corrected chi connectivity index (χ4v) is 1.63.